The molecule has 0 saturated carbocycles. The Morgan fingerprint density at radius 3 is 2.64 bits per heavy atom. The van der Waals surface area contributed by atoms with Crippen LogP contribution in [0, 0.1) is 0 Å². The largest absolute Gasteiger partial charge is 0.475 e. The van der Waals surface area contributed by atoms with Gasteiger partial charge < -0.3 is 19.5 Å². The van der Waals surface area contributed by atoms with Crippen LogP contribution < -0.4 is 4.90 Å². The molecule has 1 unspecified atom stereocenters. The molecular weight excluding hydrogens is 350 g/mol. The Kier molecular flexibility index (Phi) is 4.45. The van der Waals surface area contributed by atoms with Gasteiger partial charge in [-0.25, -0.2) is 9.78 Å². The van der Waals surface area contributed by atoms with Crippen molar-refractivity contribution in [2.75, 3.05) is 37.8 Å². The Morgan fingerprint density at radius 1 is 1.16 bits per heavy atom. The summed E-state index contributed by atoms with van der Waals surface area (Å²) >= 11 is 6.13. The minimum Gasteiger partial charge on any atom is -0.475 e. The standard InChI is InChI=1S/C15H18ClN5O4/c16-15-18-11(20-4-7-24-8-5-20)10-12(19-15)21(13(17-10)14(22)23)9-3-1-2-6-25-9/h9H,1-8H2,(H,22,23). The van der Waals surface area contributed by atoms with Crippen LogP contribution in [-0.4, -0.2) is 63.5 Å². The lowest BCUT2D eigenvalue weighted by Gasteiger charge is -2.28. The lowest BCUT2D eigenvalue weighted by molar-refractivity contribution is -0.0316. The summed E-state index contributed by atoms with van der Waals surface area (Å²) in [7, 11) is 0. The fraction of sp³-hybridized carbons (Fsp3) is 0.600. The Morgan fingerprint density at radius 2 is 1.96 bits per heavy atom. The third kappa shape index (κ3) is 3.03. The first kappa shape index (κ1) is 16.5. The fourth-order valence-electron chi connectivity index (χ4n) is 3.28. The van der Waals surface area contributed by atoms with Gasteiger partial charge in [-0.05, 0) is 30.9 Å². The number of ether oxygens (including phenoxy) is 2. The van der Waals surface area contributed by atoms with Crippen LogP contribution in [0.1, 0.15) is 36.1 Å². The number of morpholine rings is 1. The number of imidazole rings is 1. The van der Waals surface area contributed by atoms with E-state index in [1.54, 1.807) is 0 Å². The van der Waals surface area contributed by atoms with Crippen molar-refractivity contribution in [3.8, 4) is 0 Å². The van der Waals surface area contributed by atoms with Crippen molar-refractivity contribution in [2.45, 2.75) is 25.5 Å². The number of halogens is 1. The number of aromatic carboxylic acids is 1. The summed E-state index contributed by atoms with van der Waals surface area (Å²) in [6, 6.07) is 0. The molecule has 4 heterocycles. The van der Waals surface area contributed by atoms with Gasteiger partial charge in [0.25, 0.3) is 0 Å². The number of anilines is 1. The molecule has 25 heavy (non-hydrogen) atoms. The minimum atomic E-state index is -1.13. The SMILES string of the molecule is O=C(O)c1nc2c(N3CCOCC3)nc(Cl)nc2n1C1CCCCO1. The molecular formula is C15H18ClN5O4. The van der Waals surface area contributed by atoms with Crippen molar-refractivity contribution in [2.24, 2.45) is 0 Å². The van der Waals surface area contributed by atoms with Gasteiger partial charge >= 0.3 is 5.97 Å². The van der Waals surface area contributed by atoms with E-state index in [1.807, 2.05) is 4.90 Å². The number of nitrogens with zero attached hydrogens (tertiary/aromatic N) is 5. The molecule has 9 nitrogen and oxygen atoms in total. The van der Waals surface area contributed by atoms with Crippen LogP contribution >= 0.6 is 11.6 Å². The number of carboxylic acids is 1. The zero-order valence-corrected chi connectivity index (χ0v) is 14.3. The van der Waals surface area contributed by atoms with Crippen LogP contribution in [-0.2, 0) is 9.47 Å². The van der Waals surface area contributed by atoms with Crippen molar-refractivity contribution in [1.29, 1.82) is 0 Å². The number of carboxylic acid groups (broad SMARTS) is 1. The van der Waals surface area contributed by atoms with Gasteiger partial charge in [-0.1, -0.05) is 0 Å². The molecule has 0 radical (unpaired) electrons. The number of aromatic nitrogens is 4. The Bertz CT molecular complexity index is 799. The number of hydrogen-bond acceptors (Lipinski definition) is 7. The highest BCUT2D eigenvalue weighted by Gasteiger charge is 2.29. The Labute approximate surface area is 148 Å². The first-order valence-corrected chi connectivity index (χ1v) is 8.66. The molecule has 2 aliphatic heterocycles. The molecule has 0 bridgehead atoms. The highest BCUT2D eigenvalue weighted by molar-refractivity contribution is 6.28. The fourth-order valence-corrected chi connectivity index (χ4v) is 3.44. The maximum Gasteiger partial charge on any atom is 0.372 e. The maximum absolute atomic E-state index is 11.8. The topological polar surface area (TPSA) is 103 Å². The molecule has 2 aromatic rings. The smallest absolute Gasteiger partial charge is 0.372 e. The molecule has 0 spiro atoms. The summed E-state index contributed by atoms with van der Waals surface area (Å²) in [5.41, 5.74) is 0.823. The molecule has 2 saturated heterocycles. The first-order chi connectivity index (χ1) is 12.1. The average Bonchev–Trinajstić information content (AvgIpc) is 3.02. The van der Waals surface area contributed by atoms with E-state index >= 15 is 0 Å². The lowest BCUT2D eigenvalue weighted by atomic mass is 10.2. The van der Waals surface area contributed by atoms with Gasteiger partial charge in [0.2, 0.25) is 11.1 Å². The third-order valence-electron chi connectivity index (χ3n) is 4.44. The lowest BCUT2D eigenvalue weighted by Crippen LogP contribution is -2.37. The van der Waals surface area contributed by atoms with Crippen molar-refractivity contribution >= 4 is 34.6 Å². The summed E-state index contributed by atoms with van der Waals surface area (Å²) < 4.78 is 12.7. The molecule has 2 fully saturated rings. The third-order valence-corrected chi connectivity index (χ3v) is 4.61. The second kappa shape index (κ2) is 6.74. The molecule has 2 aliphatic rings. The number of rotatable bonds is 3. The van der Waals surface area contributed by atoms with Crippen LogP contribution in [0.3, 0.4) is 0 Å². The maximum atomic E-state index is 11.8. The van der Waals surface area contributed by atoms with Crippen molar-refractivity contribution in [1.82, 2.24) is 19.5 Å². The van der Waals surface area contributed by atoms with Gasteiger partial charge in [0.05, 0.1) is 13.2 Å². The monoisotopic (exact) mass is 367 g/mol. The molecule has 4 rings (SSSR count). The summed E-state index contributed by atoms with van der Waals surface area (Å²) in [5, 5.41) is 9.67. The summed E-state index contributed by atoms with van der Waals surface area (Å²) in [5.74, 6) is -0.695. The number of fused-ring (bicyclic) bond motifs is 1. The second-order valence-corrected chi connectivity index (χ2v) is 6.36. The van der Waals surface area contributed by atoms with Crippen LogP contribution in [0.4, 0.5) is 5.82 Å². The molecule has 0 aromatic carbocycles. The zero-order valence-electron chi connectivity index (χ0n) is 13.5. The molecule has 0 aliphatic carbocycles. The van der Waals surface area contributed by atoms with Crippen molar-refractivity contribution in [3.05, 3.63) is 11.1 Å². The van der Waals surface area contributed by atoms with E-state index in [0.29, 0.717) is 56.3 Å². The highest BCUT2D eigenvalue weighted by Crippen LogP contribution is 2.32. The molecule has 10 heteroatoms. The first-order valence-electron chi connectivity index (χ1n) is 8.28. The van der Waals surface area contributed by atoms with E-state index in [0.717, 1.165) is 12.8 Å². The quantitative estimate of drug-likeness (QED) is 0.818. The van der Waals surface area contributed by atoms with E-state index in [-0.39, 0.29) is 11.1 Å². The Balaban J connectivity index is 1.89. The normalized spacial score (nSPS) is 21.6. The predicted octanol–water partition coefficient (Wildman–Crippen LogP) is 1.71. The number of hydrogen-bond donors (Lipinski definition) is 1. The van der Waals surface area contributed by atoms with E-state index in [1.165, 1.54) is 4.57 Å². The van der Waals surface area contributed by atoms with Crippen LogP contribution in [0.2, 0.25) is 5.28 Å². The van der Waals surface area contributed by atoms with Crippen LogP contribution in [0.25, 0.3) is 11.2 Å². The Hall–Kier alpha value is -1.97. The van der Waals surface area contributed by atoms with Crippen molar-refractivity contribution < 1.29 is 19.4 Å². The van der Waals surface area contributed by atoms with E-state index in [9.17, 15) is 9.90 Å². The van der Waals surface area contributed by atoms with E-state index in [4.69, 9.17) is 21.1 Å². The van der Waals surface area contributed by atoms with Crippen LogP contribution in [0.5, 0.6) is 0 Å². The van der Waals surface area contributed by atoms with E-state index < -0.39 is 12.2 Å². The average molecular weight is 368 g/mol. The van der Waals surface area contributed by atoms with Gasteiger partial charge in [0, 0.05) is 19.7 Å². The highest BCUT2D eigenvalue weighted by atomic mass is 35.5. The van der Waals surface area contributed by atoms with Gasteiger partial charge in [0.15, 0.2) is 17.0 Å². The second-order valence-electron chi connectivity index (χ2n) is 6.02. The minimum absolute atomic E-state index is 0.0582. The summed E-state index contributed by atoms with van der Waals surface area (Å²) in [4.78, 5) is 26.6. The van der Waals surface area contributed by atoms with Gasteiger partial charge in [-0.2, -0.15) is 9.97 Å². The summed E-state index contributed by atoms with van der Waals surface area (Å²) in [6.07, 6.45) is 2.22. The molecule has 1 atom stereocenters. The van der Waals surface area contributed by atoms with Crippen molar-refractivity contribution in [3.63, 3.8) is 0 Å². The van der Waals surface area contributed by atoms with E-state index in [2.05, 4.69) is 15.0 Å². The molecule has 1 N–H and O–H groups in total. The molecule has 0 amide bonds. The zero-order chi connectivity index (χ0) is 17.4. The predicted molar refractivity (Wildman–Crippen MR) is 89.2 cm³/mol. The van der Waals surface area contributed by atoms with Gasteiger partial charge in [0.1, 0.15) is 6.23 Å². The summed E-state index contributed by atoms with van der Waals surface area (Å²) in [6.45, 7) is 3.00. The molecule has 2 aromatic heterocycles. The van der Waals surface area contributed by atoms with Gasteiger partial charge in [-0.15, -0.1) is 0 Å². The van der Waals surface area contributed by atoms with Gasteiger partial charge in [-0.3, -0.25) is 4.57 Å². The molecule has 134 valence electrons. The van der Waals surface area contributed by atoms with Crippen LogP contribution in [0.15, 0.2) is 0 Å². The number of carbonyl (C=O) groups is 1.